The second-order valence-corrected chi connectivity index (χ2v) is 4.59. The molecule has 0 aliphatic carbocycles. The lowest BCUT2D eigenvalue weighted by molar-refractivity contribution is 0.0943. The van der Waals surface area contributed by atoms with Gasteiger partial charge in [-0.1, -0.05) is 15.9 Å². The summed E-state index contributed by atoms with van der Waals surface area (Å²) in [5.74, 6) is 1.19. The van der Waals surface area contributed by atoms with Gasteiger partial charge < -0.3 is 19.5 Å². The van der Waals surface area contributed by atoms with Crippen LogP contribution in [0.5, 0.6) is 17.2 Å². The smallest absolute Gasteiger partial charge is 0.251 e. The van der Waals surface area contributed by atoms with Crippen molar-refractivity contribution in [1.29, 1.82) is 0 Å². The first kappa shape index (κ1) is 15.6. The molecule has 0 aliphatic rings. The topological polar surface area (TPSA) is 56.8 Å². The molecule has 1 rings (SSSR count). The average Bonchev–Trinajstić information content (AvgIpc) is 2.44. The summed E-state index contributed by atoms with van der Waals surface area (Å²) in [5.41, 5.74) is 0.460. The zero-order valence-corrected chi connectivity index (χ0v) is 13.0. The molecule has 0 bridgehead atoms. The Morgan fingerprint density at radius 2 is 1.74 bits per heavy atom. The van der Waals surface area contributed by atoms with Crippen molar-refractivity contribution in [1.82, 2.24) is 5.32 Å². The van der Waals surface area contributed by atoms with E-state index < -0.39 is 0 Å². The maximum Gasteiger partial charge on any atom is 0.251 e. The number of nitrogens with one attached hydrogen (secondary N) is 1. The van der Waals surface area contributed by atoms with E-state index in [2.05, 4.69) is 21.2 Å². The number of carbonyl (C=O) groups is 1. The summed E-state index contributed by atoms with van der Waals surface area (Å²) < 4.78 is 15.6. The van der Waals surface area contributed by atoms with Gasteiger partial charge >= 0.3 is 0 Å². The summed E-state index contributed by atoms with van der Waals surface area (Å²) >= 11 is 3.31. The summed E-state index contributed by atoms with van der Waals surface area (Å²) in [6.45, 7) is 1.91. The van der Waals surface area contributed by atoms with Gasteiger partial charge in [0.2, 0.25) is 5.75 Å². The van der Waals surface area contributed by atoms with Crippen molar-refractivity contribution in [3.8, 4) is 17.2 Å². The molecule has 106 valence electrons. The van der Waals surface area contributed by atoms with E-state index in [-0.39, 0.29) is 11.9 Å². The second-order valence-electron chi connectivity index (χ2n) is 3.94. The summed E-state index contributed by atoms with van der Waals surface area (Å²) in [6.07, 6.45) is 0. The molecule has 0 saturated carbocycles. The first-order valence-corrected chi connectivity index (χ1v) is 6.86. The van der Waals surface area contributed by atoms with Crippen LogP contribution in [0.1, 0.15) is 17.3 Å². The quantitative estimate of drug-likeness (QED) is 0.812. The lowest BCUT2D eigenvalue weighted by Gasteiger charge is -2.15. The molecule has 0 aromatic heterocycles. The molecule has 0 spiro atoms. The number of alkyl halides is 1. The number of methoxy groups -OCH3 is 3. The van der Waals surface area contributed by atoms with E-state index >= 15 is 0 Å². The van der Waals surface area contributed by atoms with Gasteiger partial charge in [-0.2, -0.15) is 0 Å². The first-order valence-electron chi connectivity index (χ1n) is 5.74. The number of hydrogen-bond donors (Lipinski definition) is 1. The van der Waals surface area contributed by atoms with Gasteiger partial charge in [-0.15, -0.1) is 0 Å². The fourth-order valence-corrected chi connectivity index (χ4v) is 1.72. The third kappa shape index (κ3) is 3.76. The van der Waals surface area contributed by atoms with E-state index in [0.717, 1.165) is 0 Å². The molecule has 5 nitrogen and oxygen atoms in total. The minimum atomic E-state index is -0.189. The van der Waals surface area contributed by atoms with Crippen LogP contribution in [0.25, 0.3) is 0 Å². The molecule has 0 saturated heterocycles. The summed E-state index contributed by atoms with van der Waals surface area (Å²) in [4.78, 5) is 12.1. The number of halogens is 1. The largest absolute Gasteiger partial charge is 0.493 e. The van der Waals surface area contributed by atoms with Gasteiger partial charge in [0.05, 0.1) is 21.3 Å². The number of hydrogen-bond acceptors (Lipinski definition) is 4. The lowest BCUT2D eigenvalue weighted by atomic mass is 10.1. The van der Waals surface area contributed by atoms with Crippen molar-refractivity contribution in [2.75, 3.05) is 26.7 Å². The van der Waals surface area contributed by atoms with Crippen molar-refractivity contribution in [2.24, 2.45) is 0 Å². The molecule has 0 aliphatic heterocycles. The number of amides is 1. The summed E-state index contributed by atoms with van der Waals surface area (Å²) in [5, 5.41) is 3.53. The maximum absolute atomic E-state index is 12.1. The van der Waals surface area contributed by atoms with E-state index in [1.165, 1.54) is 21.3 Å². The average molecular weight is 332 g/mol. The van der Waals surface area contributed by atoms with Crippen LogP contribution >= 0.6 is 15.9 Å². The normalized spacial score (nSPS) is 11.6. The Labute approximate surface area is 121 Å². The van der Waals surface area contributed by atoms with Crippen molar-refractivity contribution in [3.63, 3.8) is 0 Å². The van der Waals surface area contributed by atoms with Crippen LogP contribution in [0.15, 0.2) is 12.1 Å². The SMILES string of the molecule is COc1cc(C(=O)NC(C)CBr)cc(OC)c1OC. The zero-order valence-electron chi connectivity index (χ0n) is 11.5. The molecule has 6 heteroatoms. The minimum Gasteiger partial charge on any atom is -0.493 e. The number of carbonyl (C=O) groups excluding carboxylic acids is 1. The van der Waals surface area contributed by atoms with Crippen molar-refractivity contribution in [3.05, 3.63) is 17.7 Å². The van der Waals surface area contributed by atoms with Gasteiger partial charge in [0.15, 0.2) is 11.5 Å². The number of rotatable bonds is 6. The van der Waals surface area contributed by atoms with E-state index in [4.69, 9.17) is 14.2 Å². The van der Waals surface area contributed by atoms with Gasteiger partial charge in [0.25, 0.3) is 5.91 Å². The molecule has 1 atom stereocenters. The van der Waals surface area contributed by atoms with Crippen molar-refractivity contribution >= 4 is 21.8 Å². The maximum atomic E-state index is 12.1. The molecule has 1 N–H and O–H groups in total. The Bertz CT molecular complexity index is 425. The van der Waals surface area contributed by atoms with Crippen LogP contribution in [0.3, 0.4) is 0 Å². The Morgan fingerprint density at radius 1 is 1.21 bits per heavy atom. The van der Waals surface area contributed by atoms with Crippen LogP contribution in [-0.2, 0) is 0 Å². The fourth-order valence-electron chi connectivity index (χ4n) is 1.56. The highest BCUT2D eigenvalue weighted by molar-refractivity contribution is 9.09. The highest BCUT2D eigenvalue weighted by Gasteiger charge is 2.17. The van der Waals surface area contributed by atoms with E-state index in [0.29, 0.717) is 28.1 Å². The van der Waals surface area contributed by atoms with Gasteiger partial charge in [-0.25, -0.2) is 0 Å². The Balaban J connectivity index is 3.12. The molecule has 1 amide bonds. The minimum absolute atomic E-state index is 0.0339. The number of ether oxygens (including phenoxy) is 3. The molecule has 0 radical (unpaired) electrons. The van der Waals surface area contributed by atoms with Crippen molar-refractivity contribution in [2.45, 2.75) is 13.0 Å². The van der Waals surface area contributed by atoms with Gasteiger partial charge in [-0.05, 0) is 19.1 Å². The molecule has 0 heterocycles. The van der Waals surface area contributed by atoms with Crippen LogP contribution in [0.2, 0.25) is 0 Å². The van der Waals surface area contributed by atoms with Gasteiger partial charge in [-0.3, -0.25) is 4.79 Å². The Hall–Kier alpha value is -1.43. The molecule has 1 unspecified atom stereocenters. The van der Waals surface area contributed by atoms with E-state index in [9.17, 15) is 4.79 Å². The second kappa shape index (κ2) is 7.23. The van der Waals surface area contributed by atoms with Crippen LogP contribution in [0, 0.1) is 0 Å². The third-order valence-electron chi connectivity index (χ3n) is 2.54. The van der Waals surface area contributed by atoms with Gasteiger partial charge in [0, 0.05) is 16.9 Å². The van der Waals surface area contributed by atoms with Crippen LogP contribution in [-0.4, -0.2) is 38.6 Å². The van der Waals surface area contributed by atoms with Gasteiger partial charge in [0.1, 0.15) is 0 Å². The fraction of sp³-hybridized carbons (Fsp3) is 0.462. The predicted octanol–water partition coefficient (Wildman–Crippen LogP) is 2.23. The lowest BCUT2D eigenvalue weighted by Crippen LogP contribution is -2.33. The zero-order chi connectivity index (χ0) is 14.4. The number of benzene rings is 1. The Morgan fingerprint density at radius 3 is 2.11 bits per heavy atom. The molecule has 19 heavy (non-hydrogen) atoms. The highest BCUT2D eigenvalue weighted by Crippen LogP contribution is 2.38. The molecular formula is C13H18BrNO4. The van der Waals surface area contributed by atoms with Crippen molar-refractivity contribution < 1.29 is 19.0 Å². The van der Waals surface area contributed by atoms with E-state index in [1.54, 1.807) is 12.1 Å². The molecule has 1 aromatic rings. The van der Waals surface area contributed by atoms with E-state index in [1.807, 2.05) is 6.92 Å². The summed E-state index contributed by atoms with van der Waals surface area (Å²) in [7, 11) is 4.55. The predicted molar refractivity (Wildman–Crippen MR) is 76.8 cm³/mol. The third-order valence-corrected chi connectivity index (χ3v) is 3.51. The molecule has 0 fully saturated rings. The highest BCUT2D eigenvalue weighted by atomic mass is 79.9. The Kier molecular flexibility index (Phi) is 5.95. The van der Waals surface area contributed by atoms with Crippen LogP contribution < -0.4 is 19.5 Å². The summed E-state index contributed by atoms with van der Waals surface area (Å²) in [6, 6.07) is 3.28. The first-order chi connectivity index (χ1) is 9.07. The monoisotopic (exact) mass is 331 g/mol. The van der Waals surface area contributed by atoms with Crippen LogP contribution in [0.4, 0.5) is 0 Å². The molecule has 1 aromatic carbocycles. The standard InChI is InChI=1S/C13H18BrNO4/c1-8(7-14)15-13(16)9-5-10(17-2)12(19-4)11(6-9)18-3/h5-6,8H,7H2,1-4H3,(H,15,16). The molecular weight excluding hydrogens is 314 g/mol.